The molecule has 6 heteroatoms. The zero-order chi connectivity index (χ0) is 26.3. The van der Waals surface area contributed by atoms with Crippen LogP contribution in [0.5, 0.6) is 11.5 Å². The van der Waals surface area contributed by atoms with Gasteiger partial charge in [-0.1, -0.05) is 45.9 Å². The van der Waals surface area contributed by atoms with Gasteiger partial charge in [0.05, 0.1) is 13.7 Å². The highest BCUT2D eigenvalue weighted by Crippen LogP contribution is 2.41. The second kappa shape index (κ2) is 12.5. The minimum atomic E-state index is -3.05. The fourth-order valence-electron chi connectivity index (χ4n) is 5.06. The van der Waals surface area contributed by atoms with E-state index >= 15 is 0 Å². The molecule has 2 aromatic carbocycles. The van der Waals surface area contributed by atoms with Crippen molar-refractivity contribution in [1.29, 1.82) is 0 Å². The van der Waals surface area contributed by atoms with Crippen molar-refractivity contribution in [3.63, 3.8) is 0 Å². The van der Waals surface area contributed by atoms with E-state index in [1.807, 2.05) is 31.2 Å². The molecule has 1 aliphatic rings. The standard InChI is InChI=1S/C30H46NO4P/c1-23(22-36(6,32)33)26-9-7-11-28(19-26)35-21-24-14-17-31(18-15-24)29-20-27(34-5)13-12-25(29)10-8-16-30(2,3)4/h7,9,11-13,19-20,23-24H,8,10,14-18,21-22H2,1-6H3,(H,32,33)/t23-/m0/s1. The van der Waals surface area contributed by atoms with Crippen LogP contribution in [-0.4, -0.2) is 44.5 Å². The molecule has 200 valence electrons. The fraction of sp³-hybridized carbons (Fsp3) is 0.600. The van der Waals surface area contributed by atoms with Gasteiger partial charge in [0.25, 0.3) is 0 Å². The summed E-state index contributed by atoms with van der Waals surface area (Å²) in [6.07, 6.45) is 5.99. The van der Waals surface area contributed by atoms with Crippen LogP contribution in [0, 0.1) is 11.3 Å². The Bertz CT molecular complexity index is 1020. The van der Waals surface area contributed by atoms with Gasteiger partial charge in [0, 0.05) is 37.7 Å². The molecule has 1 aliphatic heterocycles. The van der Waals surface area contributed by atoms with Crippen LogP contribution in [0.2, 0.25) is 0 Å². The van der Waals surface area contributed by atoms with Crippen molar-refractivity contribution >= 4 is 13.1 Å². The Hall–Kier alpha value is -1.97. The number of anilines is 1. The van der Waals surface area contributed by atoms with E-state index in [4.69, 9.17) is 9.47 Å². The smallest absolute Gasteiger partial charge is 0.198 e. The molecule has 0 amide bonds. The predicted molar refractivity (Wildman–Crippen MR) is 151 cm³/mol. The Morgan fingerprint density at radius 2 is 1.83 bits per heavy atom. The van der Waals surface area contributed by atoms with Gasteiger partial charge in [-0.2, -0.15) is 0 Å². The average Bonchev–Trinajstić information content (AvgIpc) is 2.81. The van der Waals surface area contributed by atoms with Crippen molar-refractivity contribution in [2.75, 3.05) is 44.5 Å². The summed E-state index contributed by atoms with van der Waals surface area (Å²) < 4.78 is 23.5. The lowest BCUT2D eigenvalue weighted by atomic mass is 9.88. The van der Waals surface area contributed by atoms with Gasteiger partial charge in [0.2, 0.25) is 0 Å². The van der Waals surface area contributed by atoms with Crippen molar-refractivity contribution in [3.05, 3.63) is 53.6 Å². The van der Waals surface area contributed by atoms with Crippen molar-refractivity contribution < 1.29 is 18.9 Å². The molecular weight excluding hydrogens is 469 g/mol. The highest BCUT2D eigenvalue weighted by Gasteiger charge is 2.23. The Balaban J connectivity index is 1.56. The number of nitrogens with zero attached hydrogens (tertiary/aromatic N) is 1. The molecule has 1 N–H and O–H groups in total. The maximum Gasteiger partial charge on any atom is 0.198 e. The third kappa shape index (κ3) is 9.16. The summed E-state index contributed by atoms with van der Waals surface area (Å²) in [5, 5.41) is 0. The summed E-state index contributed by atoms with van der Waals surface area (Å²) in [6, 6.07) is 14.5. The third-order valence-electron chi connectivity index (χ3n) is 7.15. The molecule has 0 spiro atoms. The van der Waals surface area contributed by atoms with Crippen molar-refractivity contribution in [2.24, 2.45) is 11.3 Å². The van der Waals surface area contributed by atoms with E-state index in [1.54, 1.807) is 7.11 Å². The van der Waals surface area contributed by atoms with Crippen LogP contribution < -0.4 is 14.4 Å². The predicted octanol–water partition coefficient (Wildman–Crippen LogP) is 7.36. The molecule has 2 aromatic rings. The van der Waals surface area contributed by atoms with Gasteiger partial charge < -0.3 is 19.3 Å². The number of ether oxygens (including phenoxy) is 2. The van der Waals surface area contributed by atoms with Crippen LogP contribution in [0.4, 0.5) is 5.69 Å². The molecule has 0 radical (unpaired) electrons. The minimum absolute atomic E-state index is 0.0260. The Labute approximate surface area is 218 Å². The molecule has 1 saturated heterocycles. The molecule has 1 fully saturated rings. The largest absolute Gasteiger partial charge is 0.497 e. The average molecular weight is 516 g/mol. The highest BCUT2D eigenvalue weighted by molar-refractivity contribution is 7.57. The molecule has 0 aromatic heterocycles. The van der Waals surface area contributed by atoms with Gasteiger partial charge in [-0.05, 0) is 78.7 Å². The van der Waals surface area contributed by atoms with Gasteiger partial charge in [0.1, 0.15) is 11.5 Å². The lowest BCUT2D eigenvalue weighted by Gasteiger charge is -2.35. The topological polar surface area (TPSA) is 59.0 Å². The molecule has 2 atom stereocenters. The number of benzene rings is 2. The lowest BCUT2D eigenvalue weighted by Crippen LogP contribution is -2.36. The molecule has 3 rings (SSSR count). The number of piperidine rings is 1. The minimum Gasteiger partial charge on any atom is -0.497 e. The number of rotatable bonds is 11. The SMILES string of the molecule is COc1ccc(CCCC(C)(C)C)c(N2CCC(COc3cccc([C@@H](C)CP(C)(=O)O)c3)CC2)c1. The number of hydrogen-bond acceptors (Lipinski definition) is 4. The number of hydrogen-bond donors (Lipinski definition) is 1. The monoisotopic (exact) mass is 515 g/mol. The molecule has 0 aliphatic carbocycles. The van der Waals surface area contributed by atoms with Gasteiger partial charge >= 0.3 is 0 Å². The normalized spacial score (nSPS) is 17.5. The van der Waals surface area contributed by atoms with Crippen molar-refractivity contribution in [1.82, 2.24) is 0 Å². The maximum atomic E-state index is 11.8. The first kappa shape index (κ1) is 28.6. The Kier molecular flexibility index (Phi) is 9.94. The summed E-state index contributed by atoms with van der Waals surface area (Å²) in [6.45, 7) is 13.1. The summed E-state index contributed by atoms with van der Waals surface area (Å²) in [5.41, 5.74) is 4.15. The third-order valence-corrected chi connectivity index (χ3v) is 8.37. The van der Waals surface area contributed by atoms with E-state index in [-0.39, 0.29) is 12.1 Å². The molecule has 0 saturated carbocycles. The van der Waals surface area contributed by atoms with Crippen molar-refractivity contribution in [3.8, 4) is 11.5 Å². The Morgan fingerprint density at radius 1 is 1.11 bits per heavy atom. The van der Waals surface area contributed by atoms with Gasteiger partial charge in [-0.3, -0.25) is 4.57 Å². The second-order valence-electron chi connectivity index (χ2n) is 11.9. The first-order valence-electron chi connectivity index (χ1n) is 13.4. The quantitative estimate of drug-likeness (QED) is 0.317. The summed E-state index contributed by atoms with van der Waals surface area (Å²) >= 11 is 0. The summed E-state index contributed by atoms with van der Waals surface area (Å²) in [5.74, 6) is 2.31. The fourth-order valence-corrected chi connectivity index (χ4v) is 6.29. The number of methoxy groups -OCH3 is 1. The van der Waals surface area contributed by atoms with Gasteiger partial charge in [-0.15, -0.1) is 0 Å². The van der Waals surface area contributed by atoms with E-state index in [9.17, 15) is 9.46 Å². The van der Waals surface area contributed by atoms with Crippen LogP contribution >= 0.6 is 7.37 Å². The van der Waals surface area contributed by atoms with E-state index < -0.39 is 7.37 Å². The van der Waals surface area contributed by atoms with Crippen LogP contribution in [-0.2, 0) is 11.0 Å². The van der Waals surface area contributed by atoms with E-state index in [0.29, 0.717) is 17.9 Å². The molecule has 36 heavy (non-hydrogen) atoms. The summed E-state index contributed by atoms with van der Waals surface area (Å²) in [4.78, 5) is 12.2. The first-order chi connectivity index (χ1) is 16.9. The number of aryl methyl sites for hydroxylation is 1. The van der Waals surface area contributed by atoms with E-state index in [2.05, 4.69) is 43.9 Å². The van der Waals surface area contributed by atoms with E-state index in [1.165, 1.54) is 30.8 Å². The zero-order valence-electron chi connectivity index (χ0n) is 23.1. The molecule has 0 bridgehead atoms. The molecule has 1 unspecified atom stereocenters. The highest BCUT2D eigenvalue weighted by atomic mass is 31.2. The second-order valence-corrected chi connectivity index (χ2v) is 14.3. The van der Waals surface area contributed by atoms with Gasteiger partial charge in [0.15, 0.2) is 7.37 Å². The first-order valence-corrected chi connectivity index (χ1v) is 15.7. The van der Waals surface area contributed by atoms with E-state index in [0.717, 1.165) is 49.4 Å². The lowest BCUT2D eigenvalue weighted by molar-refractivity contribution is 0.222. The Morgan fingerprint density at radius 3 is 2.47 bits per heavy atom. The van der Waals surface area contributed by atoms with Crippen LogP contribution in [0.3, 0.4) is 0 Å². The van der Waals surface area contributed by atoms with Crippen LogP contribution in [0.1, 0.15) is 70.4 Å². The van der Waals surface area contributed by atoms with Gasteiger partial charge in [-0.25, -0.2) is 0 Å². The van der Waals surface area contributed by atoms with Crippen LogP contribution in [0.15, 0.2) is 42.5 Å². The molecule has 1 heterocycles. The van der Waals surface area contributed by atoms with Crippen molar-refractivity contribution in [2.45, 2.75) is 65.7 Å². The zero-order valence-corrected chi connectivity index (χ0v) is 24.0. The summed E-state index contributed by atoms with van der Waals surface area (Å²) in [7, 11) is -1.31. The maximum absolute atomic E-state index is 11.8. The molecular formula is C30H46NO4P. The van der Waals surface area contributed by atoms with Crippen LogP contribution in [0.25, 0.3) is 0 Å². The molecule has 5 nitrogen and oxygen atoms in total.